The summed E-state index contributed by atoms with van der Waals surface area (Å²) in [5.41, 5.74) is 13.3. The van der Waals surface area contributed by atoms with E-state index < -0.39 is 6.09 Å². The van der Waals surface area contributed by atoms with E-state index in [2.05, 4.69) is 47.5 Å². The molecule has 4 N–H and O–H groups in total. The molecule has 2 heterocycles. The number of hydrogen-bond donors (Lipinski definition) is 2. The first kappa shape index (κ1) is 25.6. The molecule has 1 amide bonds. The first-order chi connectivity index (χ1) is 19.5. The maximum atomic E-state index is 12.8. The summed E-state index contributed by atoms with van der Waals surface area (Å²) in [4.78, 5) is 18.5. The zero-order valence-electron chi connectivity index (χ0n) is 22.0. The van der Waals surface area contributed by atoms with Crippen molar-refractivity contribution in [3.63, 3.8) is 0 Å². The summed E-state index contributed by atoms with van der Waals surface area (Å²) in [5, 5.41) is 3.59. The molecule has 8 heteroatoms. The van der Waals surface area contributed by atoms with E-state index in [9.17, 15) is 4.79 Å². The van der Waals surface area contributed by atoms with Crippen molar-refractivity contribution < 1.29 is 9.53 Å². The summed E-state index contributed by atoms with van der Waals surface area (Å²) in [5.74, 6) is 6.52. The highest BCUT2D eigenvalue weighted by Crippen LogP contribution is 2.41. The minimum Gasteiger partial charge on any atom is -0.448 e. The van der Waals surface area contributed by atoms with Gasteiger partial charge in [-0.05, 0) is 59.9 Å². The Morgan fingerprint density at radius 2 is 1.70 bits per heavy atom. The highest BCUT2D eigenvalue weighted by atomic mass is 32.1. The minimum atomic E-state index is -0.664. The number of anilines is 2. The van der Waals surface area contributed by atoms with Crippen LogP contribution in [-0.2, 0) is 11.2 Å². The molecule has 200 valence electrons. The number of ether oxygens (including phenoxy) is 1. The van der Waals surface area contributed by atoms with E-state index in [1.165, 1.54) is 16.0 Å². The van der Waals surface area contributed by atoms with Crippen molar-refractivity contribution in [1.82, 2.24) is 10.1 Å². The van der Waals surface area contributed by atoms with Crippen molar-refractivity contribution in [3.05, 3.63) is 119 Å². The molecule has 0 radical (unpaired) electrons. The molecule has 2 aromatic heterocycles. The Morgan fingerprint density at radius 1 is 0.975 bits per heavy atom. The number of thiophene rings is 1. The summed E-state index contributed by atoms with van der Waals surface area (Å²) in [6.07, 6.45) is 5.74. The number of aromatic nitrogens is 1. The van der Waals surface area contributed by atoms with Crippen molar-refractivity contribution in [2.24, 2.45) is 11.6 Å². The van der Waals surface area contributed by atoms with Crippen LogP contribution in [0.15, 0.2) is 103 Å². The van der Waals surface area contributed by atoms with E-state index in [0.717, 1.165) is 38.4 Å². The lowest BCUT2D eigenvalue weighted by atomic mass is 9.95. The molecule has 1 aliphatic rings. The number of allylic oxidation sites excluding steroid dienone is 1. The number of fused-ring (bicyclic) bond motifs is 2. The first-order valence-corrected chi connectivity index (χ1v) is 13.9. The Hall–Kier alpha value is -4.66. The standard InChI is InChI=1S/C32H29N5O2S/c1-2-39-32(38)37(34)36(24-14-12-22(13-15-24)21-8-4-3-5-9-21)30-19-35-20-31-28(30)18-25(40-31)17-27-26-11-7-6-10-23(26)16-29(27)33/h3-16,18-20,27H,2,17,33-34H2,1H3. The average molecular weight is 548 g/mol. The van der Waals surface area contributed by atoms with E-state index in [1.807, 2.05) is 54.7 Å². The maximum absolute atomic E-state index is 12.8. The molecule has 0 saturated carbocycles. The number of carbonyl (C=O) groups is 1. The molecule has 6 rings (SSSR count). The highest BCUT2D eigenvalue weighted by Gasteiger charge is 2.27. The molecule has 1 aliphatic carbocycles. The van der Waals surface area contributed by atoms with Gasteiger partial charge in [-0.1, -0.05) is 66.7 Å². The van der Waals surface area contributed by atoms with Crippen LogP contribution in [0.4, 0.5) is 16.2 Å². The summed E-state index contributed by atoms with van der Waals surface area (Å²) < 4.78 is 6.24. The molecule has 1 atom stereocenters. The summed E-state index contributed by atoms with van der Waals surface area (Å²) in [6.45, 7) is 1.95. The number of hydrazine groups is 2. The zero-order chi connectivity index (χ0) is 27.6. The largest absolute Gasteiger partial charge is 0.448 e. The van der Waals surface area contributed by atoms with Gasteiger partial charge in [0.15, 0.2) is 0 Å². The van der Waals surface area contributed by atoms with Gasteiger partial charge in [0, 0.05) is 28.1 Å². The van der Waals surface area contributed by atoms with Crippen LogP contribution >= 0.6 is 11.3 Å². The third-order valence-corrected chi connectivity index (χ3v) is 8.19. The van der Waals surface area contributed by atoms with Gasteiger partial charge in [-0.3, -0.25) is 4.98 Å². The van der Waals surface area contributed by atoms with Gasteiger partial charge in [-0.2, -0.15) is 0 Å². The third-order valence-electron chi connectivity index (χ3n) is 7.10. The number of amides is 1. The quantitative estimate of drug-likeness (QED) is 0.129. The van der Waals surface area contributed by atoms with Crippen LogP contribution in [0.1, 0.15) is 28.8 Å². The fraction of sp³-hybridized carbons (Fsp3) is 0.125. The molecule has 1 unspecified atom stereocenters. The number of nitrogens with zero attached hydrogens (tertiary/aromatic N) is 3. The molecule has 3 aromatic carbocycles. The van der Waals surface area contributed by atoms with E-state index in [1.54, 1.807) is 29.5 Å². The van der Waals surface area contributed by atoms with Crippen molar-refractivity contribution in [3.8, 4) is 11.1 Å². The molecule has 0 bridgehead atoms. The molecule has 5 aromatic rings. The fourth-order valence-electron chi connectivity index (χ4n) is 5.19. The van der Waals surface area contributed by atoms with E-state index in [4.69, 9.17) is 16.3 Å². The smallest absolute Gasteiger partial charge is 0.444 e. The summed E-state index contributed by atoms with van der Waals surface area (Å²) >= 11 is 1.67. The zero-order valence-corrected chi connectivity index (χ0v) is 22.8. The van der Waals surface area contributed by atoms with Crippen molar-refractivity contribution in [1.29, 1.82) is 0 Å². The van der Waals surface area contributed by atoms with Gasteiger partial charge in [0.05, 0.1) is 28.9 Å². The number of pyridine rings is 1. The number of rotatable bonds is 7. The van der Waals surface area contributed by atoms with E-state index in [-0.39, 0.29) is 12.5 Å². The molecule has 0 aliphatic heterocycles. The van der Waals surface area contributed by atoms with Gasteiger partial charge < -0.3 is 10.5 Å². The molecular weight excluding hydrogens is 518 g/mol. The molecule has 0 spiro atoms. The number of benzene rings is 3. The van der Waals surface area contributed by atoms with Crippen LogP contribution in [0.5, 0.6) is 0 Å². The Kier molecular flexibility index (Phi) is 6.94. The van der Waals surface area contributed by atoms with Crippen molar-refractivity contribution >= 4 is 45.0 Å². The van der Waals surface area contributed by atoms with E-state index >= 15 is 0 Å². The Bertz CT molecular complexity index is 1700. The Morgan fingerprint density at radius 3 is 2.48 bits per heavy atom. The Labute approximate surface area is 236 Å². The normalized spacial score (nSPS) is 14.1. The lowest BCUT2D eigenvalue weighted by molar-refractivity contribution is 0.107. The van der Waals surface area contributed by atoms with E-state index in [0.29, 0.717) is 11.4 Å². The third kappa shape index (κ3) is 4.79. The highest BCUT2D eigenvalue weighted by molar-refractivity contribution is 7.19. The molecule has 0 saturated heterocycles. The number of nitrogens with two attached hydrogens (primary N) is 2. The number of hydrogen-bond acceptors (Lipinski definition) is 7. The SMILES string of the molecule is CCOC(=O)N(N)N(c1ccc(-c2ccccc2)cc1)c1cncc2sc(CC3C(N)=Cc4ccccc43)cc12. The van der Waals surface area contributed by atoms with Crippen LogP contribution in [0, 0.1) is 0 Å². The molecule has 0 fully saturated rings. The maximum Gasteiger partial charge on any atom is 0.444 e. The van der Waals surface area contributed by atoms with Gasteiger partial charge >= 0.3 is 6.09 Å². The fourth-order valence-corrected chi connectivity index (χ4v) is 6.29. The average Bonchev–Trinajstić information content (AvgIpc) is 3.54. The first-order valence-electron chi connectivity index (χ1n) is 13.1. The molecule has 7 nitrogen and oxygen atoms in total. The second-order valence-corrected chi connectivity index (χ2v) is 10.7. The monoisotopic (exact) mass is 547 g/mol. The van der Waals surface area contributed by atoms with Crippen LogP contribution < -0.4 is 16.6 Å². The van der Waals surface area contributed by atoms with Gasteiger partial charge in [0.25, 0.3) is 0 Å². The minimum absolute atomic E-state index is 0.118. The molecule has 40 heavy (non-hydrogen) atoms. The second-order valence-electron chi connectivity index (χ2n) is 9.58. The lowest BCUT2D eigenvalue weighted by Crippen LogP contribution is -2.49. The Balaban J connectivity index is 1.39. The van der Waals surface area contributed by atoms with Crippen LogP contribution in [0.25, 0.3) is 27.3 Å². The van der Waals surface area contributed by atoms with Crippen molar-refractivity contribution in [2.75, 3.05) is 11.6 Å². The predicted octanol–water partition coefficient (Wildman–Crippen LogP) is 6.99. The number of carbonyl (C=O) groups excluding carboxylic acids is 1. The predicted molar refractivity (Wildman–Crippen MR) is 162 cm³/mol. The summed E-state index contributed by atoms with van der Waals surface area (Å²) in [6, 6.07) is 28.5. The van der Waals surface area contributed by atoms with Gasteiger partial charge in [0.2, 0.25) is 0 Å². The van der Waals surface area contributed by atoms with Crippen LogP contribution in [0.2, 0.25) is 0 Å². The second kappa shape index (κ2) is 10.8. The topological polar surface area (TPSA) is 97.7 Å². The summed E-state index contributed by atoms with van der Waals surface area (Å²) in [7, 11) is 0. The van der Waals surface area contributed by atoms with Gasteiger partial charge in [0.1, 0.15) is 0 Å². The van der Waals surface area contributed by atoms with Gasteiger partial charge in [-0.15, -0.1) is 16.5 Å². The van der Waals surface area contributed by atoms with Gasteiger partial charge in [-0.25, -0.2) is 15.6 Å². The molecular formula is C32H29N5O2S. The lowest BCUT2D eigenvalue weighted by Gasteiger charge is -2.32. The van der Waals surface area contributed by atoms with Crippen molar-refractivity contribution in [2.45, 2.75) is 19.3 Å². The van der Waals surface area contributed by atoms with Crippen LogP contribution in [-0.4, -0.2) is 22.8 Å². The van der Waals surface area contributed by atoms with Crippen LogP contribution in [0.3, 0.4) is 0 Å².